The van der Waals surface area contributed by atoms with E-state index in [0.717, 1.165) is 5.56 Å². The Morgan fingerprint density at radius 1 is 1.05 bits per heavy atom. The van der Waals surface area contributed by atoms with Gasteiger partial charge in [-0.1, -0.05) is 29.8 Å². The Balaban J connectivity index is 2.53. The molecule has 0 aliphatic carbocycles. The zero-order valence-electron chi connectivity index (χ0n) is 14.0. The van der Waals surface area contributed by atoms with Crippen molar-refractivity contribution in [3.05, 3.63) is 35.4 Å². The third-order valence-corrected chi connectivity index (χ3v) is 3.38. The van der Waals surface area contributed by atoms with Gasteiger partial charge in [-0.05, 0) is 26.6 Å². The van der Waals surface area contributed by atoms with Crippen LogP contribution in [0.4, 0.5) is 4.79 Å². The first-order valence-corrected chi connectivity index (χ1v) is 7.26. The van der Waals surface area contributed by atoms with Crippen LogP contribution in [-0.2, 0) is 4.79 Å². The highest BCUT2D eigenvalue weighted by Crippen LogP contribution is 2.17. The average Bonchev–Trinajstić information content (AvgIpc) is 2.46. The maximum atomic E-state index is 11.8. The molecule has 0 aliphatic heterocycles. The van der Waals surface area contributed by atoms with Gasteiger partial charge >= 0.3 is 6.03 Å². The lowest BCUT2D eigenvalue weighted by molar-refractivity contribution is -0.120. The summed E-state index contributed by atoms with van der Waals surface area (Å²) in [5.41, 5.74) is 2.35. The Hall–Kier alpha value is -2.08. The van der Waals surface area contributed by atoms with E-state index in [1.807, 2.05) is 21.0 Å². The van der Waals surface area contributed by atoms with E-state index in [1.165, 1.54) is 10.5 Å². The van der Waals surface area contributed by atoms with Crippen LogP contribution in [0, 0.1) is 6.92 Å². The largest absolute Gasteiger partial charge is 0.353 e. The molecule has 0 spiro atoms. The summed E-state index contributed by atoms with van der Waals surface area (Å²) >= 11 is 0. The molecule has 0 aromatic heterocycles. The van der Waals surface area contributed by atoms with Crippen LogP contribution in [0.1, 0.15) is 17.2 Å². The van der Waals surface area contributed by atoms with E-state index in [9.17, 15) is 9.59 Å². The number of urea groups is 1. The lowest BCUT2D eigenvalue weighted by Gasteiger charge is -2.25. The second-order valence-corrected chi connectivity index (χ2v) is 5.75. The number of benzene rings is 1. The van der Waals surface area contributed by atoms with Crippen LogP contribution in [0.25, 0.3) is 0 Å². The normalized spacial score (nSPS) is 11.9. The number of hydrogen-bond donors (Lipinski definition) is 2. The molecule has 122 valence electrons. The molecule has 0 aliphatic rings. The van der Waals surface area contributed by atoms with Crippen molar-refractivity contribution in [2.45, 2.75) is 13.0 Å². The Morgan fingerprint density at radius 3 is 2.14 bits per heavy atom. The number of amides is 3. The van der Waals surface area contributed by atoms with Crippen molar-refractivity contribution in [3.63, 3.8) is 0 Å². The van der Waals surface area contributed by atoms with Crippen molar-refractivity contribution in [1.29, 1.82) is 0 Å². The SMILES string of the molecule is Cc1ccc([C@H](CNC(=O)CNC(=O)N(C)C)N(C)C)cc1. The molecule has 0 heterocycles. The van der Waals surface area contributed by atoms with E-state index in [4.69, 9.17) is 0 Å². The van der Waals surface area contributed by atoms with Crippen LogP contribution in [-0.4, -0.2) is 63.0 Å². The third kappa shape index (κ3) is 5.73. The number of carbonyl (C=O) groups excluding carboxylic acids is 2. The summed E-state index contributed by atoms with van der Waals surface area (Å²) in [5.74, 6) is -0.200. The summed E-state index contributed by atoms with van der Waals surface area (Å²) in [4.78, 5) is 26.6. The quantitative estimate of drug-likeness (QED) is 0.823. The summed E-state index contributed by atoms with van der Waals surface area (Å²) in [5, 5.41) is 5.40. The Morgan fingerprint density at radius 2 is 1.64 bits per heavy atom. The summed E-state index contributed by atoms with van der Waals surface area (Å²) < 4.78 is 0. The van der Waals surface area contributed by atoms with Gasteiger partial charge in [0.15, 0.2) is 0 Å². The molecule has 2 N–H and O–H groups in total. The lowest BCUT2D eigenvalue weighted by Crippen LogP contribution is -2.43. The number of likely N-dealkylation sites (N-methyl/N-ethyl adjacent to an activating group) is 1. The predicted molar refractivity (Wildman–Crippen MR) is 87.7 cm³/mol. The summed E-state index contributed by atoms with van der Waals surface area (Å²) in [7, 11) is 7.22. The van der Waals surface area contributed by atoms with Crippen molar-refractivity contribution >= 4 is 11.9 Å². The third-order valence-electron chi connectivity index (χ3n) is 3.38. The summed E-state index contributed by atoms with van der Waals surface area (Å²) in [6, 6.07) is 8.07. The lowest BCUT2D eigenvalue weighted by atomic mass is 10.0. The van der Waals surface area contributed by atoms with E-state index < -0.39 is 0 Å². The average molecular weight is 306 g/mol. The number of rotatable bonds is 6. The second kappa shape index (κ2) is 8.38. The first kappa shape index (κ1) is 18.0. The zero-order valence-corrected chi connectivity index (χ0v) is 14.0. The minimum Gasteiger partial charge on any atom is -0.353 e. The van der Waals surface area contributed by atoms with Crippen LogP contribution in [0.2, 0.25) is 0 Å². The summed E-state index contributed by atoms with van der Waals surface area (Å²) in [6.07, 6.45) is 0. The van der Waals surface area contributed by atoms with Gasteiger partial charge in [0.25, 0.3) is 0 Å². The highest BCUT2D eigenvalue weighted by molar-refractivity contribution is 5.83. The highest BCUT2D eigenvalue weighted by Gasteiger charge is 2.15. The van der Waals surface area contributed by atoms with Crippen LogP contribution >= 0.6 is 0 Å². The van der Waals surface area contributed by atoms with Gasteiger partial charge in [-0.25, -0.2) is 4.79 Å². The molecular weight excluding hydrogens is 280 g/mol. The highest BCUT2D eigenvalue weighted by atomic mass is 16.2. The minimum atomic E-state index is -0.280. The topological polar surface area (TPSA) is 64.7 Å². The summed E-state index contributed by atoms with van der Waals surface area (Å²) in [6.45, 7) is 2.52. The van der Waals surface area contributed by atoms with Gasteiger partial charge in [-0.15, -0.1) is 0 Å². The van der Waals surface area contributed by atoms with Crippen molar-refractivity contribution in [2.24, 2.45) is 0 Å². The molecular formula is C16H26N4O2. The molecule has 0 fully saturated rings. The van der Waals surface area contributed by atoms with E-state index in [1.54, 1.807) is 14.1 Å². The monoisotopic (exact) mass is 306 g/mol. The number of hydrogen-bond acceptors (Lipinski definition) is 3. The Bertz CT molecular complexity index is 497. The predicted octanol–water partition coefficient (Wildman–Crippen LogP) is 0.985. The second-order valence-electron chi connectivity index (χ2n) is 5.75. The van der Waals surface area contributed by atoms with Gasteiger partial charge in [0.2, 0.25) is 5.91 Å². The minimum absolute atomic E-state index is 0.0228. The number of aryl methyl sites for hydroxylation is 1. The van der Waals surface area contributed by atoms with Crippen molar-refractivity contribution in [1.82, 2.24) is 20.4 Å². The van der Waals surface area contributed by atoms with Gasteiger partial charge in [0.1, 0.15) is 0 Å². The smallest absolute Gasteiger partial charge is 0.317 e. The molecule has 0 saturated heterocycles. The van der Waals surface area contributed by atoms with Gasteiger partial charge in [0, 0.05) is 20.6 Å². The van der Waals surface area contributed by atoms with Gasteiger partial charge < -0.3 is 20.4 Å². The molecule has 0 bridgehead atoms. The van der Waals surface area contributed by atoms with E-state index in [0.29, 0.717) is 6.54 Å². The maximum absolute atomic E-state index is 11.8. The van der Waals surface area contributed by atoms with Gasteiger partial charge in [-0.2, -0.15) is 0 Å². The number of nitrogens with one attached hydrogen (secondary N) is 2. The standard InChI is InChI=1S/C16H26N4O2/c1-12-6-8-13(9-7-12)14(19(2)3)10-17-15(21)11-18-16(22)20(4)5/h6-9,14H,10-11H2,1-5H3,(H,17,21)(H,18,22)/t14-/m0/s1. The fourth-order valence-corrected chi connectivity index (χ4v) is 1.97. The molecule has 6 nitrogen and oxygen atoms in total. The number of nitrogens with zero attached hydrogens (tertiary/aromatic N) is 2. The van der Waals surface area contributed by atoms with Gasteiger partial charge in [-0.3, -0.25) is 4.79 Å². The molecule has 6 heteroatoms. The van der Waals surface area contributed by atoms with E-state index in [-0.39, 0.29) is 24.5 Å². The maximum Gasteiger partial charge on any atom is 0.317 e. The first-order valence-electron chi connectivity index (χ1n) is 7.26. The van der Waals surface area contributed by atoms with Crippen LogP contribution in [0.15, 0.2) is 24.3 Å². The van der Waals surface area contributed by atoms with E-state index >= 15 is 0 Å². The molecule has 1 atom stereocenters. The molecule has 0 unspecified atom stereocenters. The fourth-order valence-electron chi connectivity index (χ4n) is 1.97. The Labute approximate surface area is 132 Å². The molecule has 1 aromatic rings. The first-order chi connectivity index (χ1) is 10.3. The van der Waals surface area contributed by atoms with Crippen LogP contribution in [0.3, 0.4) is 0 Å². The molecule has 3 amide bonds. The Kier molecular flexibility index (Phi) is 6.85. The molecule has 1 aromatic carbocycles. The van der Waals surface area contributed by atoms with E-state index in [2.05, 4.69) is 39.8 Å². The van der Waals surface area contributed by atoms with Crippen molar-refractivity contribution in [3.8, 4) is 0 Å². The zero-order chi connectivity index (χ0) is 16.7. The molecule has 0 saturated carbocycles. The van der Waals surface area contributed by atoms with Crippen LogP contribution < -0.4 is 10.6 Å². The van der Waals surface area contributed by atoms with Crippen molar-refractivity contribution in [2.75, 3.05) is 41.3 Å². The van der Waals surface area contributed by atoms with Crippen molar-refractivity contribution < 1.29 is 9.59 Å². The molecule has 0 radical (unpaired) electrons. The fraction of sp³-hybridized carbons (Fsp3) is 0.500. The van der Waals surface area contributed by atoms with Crippen LogP contribution in [0.5, 0.6) is 0 Å². The molecule has 1 rings (SSSR count). The number of carbonyl (C=O) groups is 2. The van der Waals surface area contributed by atoms with Gasteiger partial charge in [0.05, 0.1) is 12.6 Å². The molecule has 22 heavy (non-hydrogen) atoms.